The van der Waals surface area contributed by atoms with Gasteiger partial charge in [0.2, 0.25) is 0 Å². The van der Waals surface area contributed by atoms with E-state index in [2.05, 4.69) is 6.58 Å². The summed E-state index contributed by atoms with van der Waals surface area (Å²) in [6.45, 7) is 9.89. The predicted molar refractivity (Wildman–Crippen MR) is 77.6 cm³/mol. The quantitative estimate of drug-likeness (QED) is 0.248. The minimum Gasteiger partial charge on any atom is -0.456 e. The van der Waals surface area contributed by atoms with Crippen molar-refractivity contribution in [2.75, 3.05) is 6.61 Å². The molecule has 110 valence electrons. The van der Waals surface area contributed by atoms with Crippen LogP contribution in [0.15, 0.2) is 12.2 Å². The van der Waals surface area contributed by atoms with Crippen molar-refractivity contribution in [1.82, 2.24) is 0 Å². The third kappa shape index (κ3) is 7.44. The summed E-state index contributed by atoms with van der Waals surface area (Å²) in [7, 11) is -0.676. The Hall–Kier alpha value is -0.730. The summed E-state index contributed by atoms with van der Waals surface area (Å²) < 4.78 is 20.5. The van der Waals surface area contributed by atoms with Gasteiger partial charge in [0.1, 0.15) is 12.2 Å². The van der Waals surface area contributed by atoms with Crippen LogP contribution in [0.4, 0.5) is 0 Å². The first kappa shape index (κ1) is 18.3. The van der Waals surface area contributed by atoms with Gasteiger partial charge in [-0.2, -0.15) is 0 Å². The van der Waals surface area contributed by atoms with E-state index in [4.69, 9.17) is 9.26 Å². The van der Waals surface area contributed by atoms with Gasteiger partial charge in [0.25, 0.3) is 0 Å². The molecule has 1 atom stereocenters. The van der Waals surface area contributed by atoms with E-state index in [1.165, 1.54) is 0 Å². The van der Waals surface area contributed by atoms with Crippen LogP contribution in [-0.4, -0.2) is 18.2 Å². The second-order valence-corrected chi connectivity index (χ2v) is 5.26. The van der Waals surface area contributed by atoms with Gasteiger partial charge in [0.15, 0.2) is 0 Å². The highest BCUT2D eigenvalue weighted by atomic mass is 31.1. The molecule has 0 aromatic carbocycles. The molecule has 1 unspecified atom stereocenters. The zero-order chi connectivity index (χ0) is 14.7. The van der Waals surface area contributed by atoms with Gasteiger partial charge < -0.3 is 4.74 Å². The van der Waals surface area contributed by atoms with Gasteiger partial charge in [0.05, 0.1) is 0 Å². The maximum atomic E-state index is 11.7. The molecule has 0 spiro atoms. The number of carbonyl (C=O) groups excluding carboxylic acids is 1. The Labute approximate surface area is 117 Å². The van der Waals surface area contributed by atoms with Crippen molar-refractivity contribution < 1.29 is 18.6 Å². The lowest BCUT2D eigenvalue weighted by molar-refractivity contribution is -0.156. The molecule has 19 heavy (non-hydrogen) atoms. The average Bonchev–Trinajstić information content (AvgIpc) is 2.41. The second-order valence-electron chi connectivity index (χ2n) is 4.80. The van der Waals surface area contributed by atoms with Crippen LogP contribution in [-0.2, 0) is 18.6 Å². The van der Waals surface area contributed by atoms with Crippen LogP contribution >= 0.6 is 8.69 Å². The summed E-state index contributed by atoms with van der Waals surface area (Å²) in [5.74, 6) is -0.306. The molecule has 0 aromatic heterocycles. The molecule has 0 amide bonds. The van der Waals surface area contributed by atoms with Crippen LogP contribution in [0.2, 0.25) is 0 Å². The van der Waals surface area contributed by atoms with Crippen LogP contribution < -0.4 is 0 Å². The van der Waals surface area contributed by atoms with Crippen molar-refractivity contribution in [3.05, 3.63) is 12.2 Å². The van der Waals surface area contributed by atoms with Gasteiger partial charge in [-0.05, 0) is 43.6 Å². The molecule has 0 N–H and O–H groups in total. The molecule has 0 radical (unpaired) electrons. The van der Waals surface area contributed by atoms with E-state index in [0.717, 1.165) is 38.5 Å². The van der Waals surface area contributed by atoms with Gasteiger partial charge in [0, 0.05) is 5.57 Å². The summed E-state index contributed by atoms with van der Waals surface area (Å²) in [5, 5.41) is 0. The van der Waals surface area contributed by atoms with E-state index in [1.807, 2.05) is 13.8 Å². The number of unbranched alkanes of at least 4 members (excludes halogenated alkanes) is 2. The molecule has 0 rings (SSSR count). The molecule has 0 aromatic rings. The standard InChI is InChI=1S/C14H26O4P/c1-5-14(6-2,18-13(15)12(3)4)10-8-7-9-11-17-19-16/h19H,3,5-11H2,1-2,4H3/q+1. The summed E-state index contributed by atoms with van der Waals surface area (Å²) in [4.78, 5) is 11.7. The van der Waals surface area contributed by atoms with Crippen molar-refractivity contribution in [3.63, 3.8) is 0 Å². The molecule has 0 aliphatic rings. The number of carbonyl (C=O) groups is 1. The van der Waals surface area contributed by atoms with E-state index in [9.17, 15) is 9.36 Å². The Morgan fingerprint density at radius 3 is 2.32 bits per heavy atom. The Morgan fingerprint density at radius 2 is 1.84 bits per heavy atom. The predicted octanol–water partition coefficient (Wildman–Crippen LogP) is 4.18. The highest BCUT2D eigenvalue weighted by Gasteiger charge is 2.30. The summed E-state index contributed by atoms with van der Waals surface area (Å²) in [6, 6.07) is 0. The zero-order valence-corrected chi connectivity index (χ0v) is 13.3. The van der Waals surface area contributed by atoms with Crippen molar-refractivity contribution in [2.45, 2.75) is 64.9 Å². The lowest BCUT2D eigenvalue weighted by Gasteiger charge is -2.31. The Kier molecular flexibility index (Phi) is 9.72. The number of hydrogen-bond donors (Lipinski definition) is 0. The van der Waals surface area contributed by atoms with Crippen molar-refractivity contribution in [2.24, 2.45) is 0 Å². The first-order valence-corrected chi connectivity index (χ1v) is 7.70. The highest BCUT2D eigenvalue weighted by molar-refractivity contribution is 7.17. The topological polar surface area (TPSA) is 52.6 Å². The summed E-state index contributed by atoms with van der Waals surface area (Å²) in [6.07, 6.45) is 5.29. The molecule has 0 fully saturated rings. The van der Waals surface area contributed by atoms with Crippen LogP contribution in [0.25, 0.3) is 0 Å². The van der Waals surface area contributed by atoms with Crippen LogP contribution in [0, 0.1) is 0 Å². The first-order valence-electron chi connectivity index (χ1n) is 6.89. The average molecular weight is 289 g/mol. The molecule has 0 aliphatic heterocycles. The minimum absolute atomic E-state index is 0.306. The number of esters is 1. The van der Waals surface area contributed by atoms with Crippen molar-refractivity contribution in [1.29, 1.82) is 0 Å². The molecule has 0 aliphatic carbocycles. The Bertz CT molecular complexity index is 298. The van der Waals surface area contributed by atoms with Gasteiger partial charge in [-0.3, -0.25) is 0 Å². The molecule has 4 nitrogen and oxygen atoms in total. The van der Waals surface area contributed by atoms with Gasteiger partial charge in [-0.15, -0.1) is 4.52 Å². The third-order valence-electron chi connectivity index (χ3n) is 3.38. The normalized spacial score (nSPS) is 11.5. The maximum Gasteiger partial charge on any atom is 0.494 e. The van der Waals surface area contributed by atoms with Crippen LogP contribution in [0.3, 0.4) is 0 Å². The monoisotopic (exact) mass is 289 g/mol. The fraction of sp³-hybridized carbons (Fsp3) is 0.786. The van der Waals surface area contributed by atoms with Crippen molar-refractivity contribution >= 4 is 14.7 Å². The molecule has 0 bridgehead atoms. The second kappa shape index (κ2) is 10.1. The smallest absolute Gasteiger partial charge is 0.456 e. The third-order valence-corrected chi connectivity index (χ3v) is 3.71. The molecule has 0 saturated heterocycles. The highest BCUT2D eigenvalue weighted by Crippen LogP contribution is 2.28. The fourth-order valence-corrected chi connectivity index (χ4v) is 2.15. The lowest BCUT2D eigenvalue weighted by Crippen LogP contribution is -2.34. The number of ether oxygens (including phenoxy) is 1. The molecular formula is C14H26O4P+. The summed E-state index contributed by atoms with van der Waals surface area (Å²) >= 11 is 0. The van der Waals surface area contributed by atoms with E-state index < -0.39 is 8.69 Å². The number of hydrogen-bond acceptors (Lipinski definition) is 4. The first-order chi connectivity index (χ1) is 9.01. The zero-order valence-electron chi connectivity index (χ0n) is 12.3. The van der Waals surface area contributed by atoms with Gasteiger partial charge >= 0.3 is 14.7 Å². The van der Waals surface area contributed by atoms with Crippen molar-refractivity contribution in [3.8, 4) is 0 Å². The largest absolute Gasteiger partial charge is 0.494 e. The summed E-state index contributed by atoms with van der Waals surface area (Å²) in [5.41, 5.74) is 0.0630. The van der Waals surface area contributed by atoms with E-state index in [0.29, 0.717) is 12.2 Å². The fourth-order valence-electron chi connectivity index (χ4n) is 1.92. The maximum absolute atomic E-state index is 11.7. The molecule has 5 heteroatoms. The SMILES string of the molecule is C=C(C)C(=O)OC(CC)(CC)CCCCCO[PH+]=O. The molecule has 0 saturated carbocycles. The van der Waals surface area contributed by atoms with Crippen LogP contribution in [0.5, 0.6) is 0 Å². The van der Waals surface area contributed by atoms with Gasteiger partial charge in [-0.25, -0.2) is 4.79 Å². The number of rotatable bonds is 11. The van der Waals surface area contributed by atoms with E-state index in [-0.39, 0.29) is 11.6 Å². The Balaban J connectivity index is 4.19. The van der Waals surface area contributed by atoms with E-state index in [1.54, 1.807) is 6.92 Å². The van der Waals surface area contributed by atoms with Crippen LogP contribution in [0.1, 0.15) is 59.3 Å². The molecule has 0 heterocycles. The Morgan fingerprint density at radius 1 is 1.21 bits per heavy atom. The molecular weight excluding hydrogens is 263 g/mol. The van der Waals surface area contributed by atoms with Gasteiger partial charge in [-0.1, -0.05) is 26.8 Å². The van der Waals surface area contributed by atoms with E-state index >= 15 is 0 Å². The minimum atomic E-state index is -0.676. The lowest BCUT2D eigenvalue weighted by atomic mass is 9.90.